The van der Waals surface area contributed by atoms with Crippen molar-refractivity contribution in [2.24, 2.45) is 5.92 Å². The molecule has 0 unspecified atom stereocenters. The molecule has 108 valence electrons. The minimum atomic E-state index is -0.192. The van der Waals surface area contributed by atoms with Crippen molar-refractivity contribution in [3.63, 3.8) is 0 Å². The summed E-state index contributed by atoms with van der Waals surface area (Å²) >= 11 is 6.00. The third kappa shape index (κ3) is 3.97. The highest BCUT2D eigenvalue weighted by molar-refractivity contribution is 6.33. The lowest BCUT2D eigenvalue weighted by Crippen LogP contribution is -2.24. The van der Waals surface area contributed by atoms with E-state index in [9.17, 15) is 9.59 Å². The maximum Gasteiger partial charge on any atom is 0.227 e. The maximum absolute atomic E-state index is 12.2. The summed E-state index contributed by atoms with van der Waals surface area (Å²) in [4.78, 5) is 23.2. The Morgan fingerprint density at radius 1 is 1.15 bits per heavy atom. The third-order valence-electron chi connectivity index (χ3n) is 3.52. The van der Waals surface area contributed by atoms with Gasteiger partial charge in [0.1, 0.15) is 0 Å². The van der Waals surface area contributed by atoms with Crippen molar-refractivity contribution in [2.75, 3.05) is 10.6 Å². The van der Waals surface area contributed by atoms with Crippen LogP contribution < -0.4 is 10.6 Å². The zero-order valence-electron chi connectivity index (χ0n) is 11.5. The SMILES string of the molecule is CC(=O)Nc1cc(NC(=O)C2CCCCC2)ccc1Cl. The molecule has 5 heteroatoms. The quantitative estimate of drug-likeness (QED) is 0.890. The molecule has 0 spiro atoms. The smallest absolute Gasteiger partial charge is 0.227 e. The van der Waals surface area contributed by atoms with Gasteiger partial charge in [-0.25, -0.2) is 0 Å². The highest BCUT2D eigenvalue weighted by Crippen LogP contribution is 2.28. The summed E-state index contributed by atoms with van der Waals surface area (Å²) < 4.78 is 0. The lowest BCUT2D eigenvalue weighted by molar-refractivity contribution is -0.120. The number of carbonyl (C=O) groups is 2. The van der Waals surface area contributed by atoms with Gasteiger partial charge in [0.25, 0.3) is 0 Å². The molecule has 0 aromatic heterocycles. The van der Waals surface area contributed by atoms with Crippen LogP contribution in [0, 0.1) is 5.92 Å². The first kappa shape index (κ1) is 14.9. The molecule has 1 fully saturated rings. The van der Waals surface area contributed by atoms with Gasteiger partial charge in [0, 0.05) is 18.5 Å². The van der Waals surface area contributed by atoms with Gasteiger partial charge in [0.2, 0.25) is 11.8 Å². The van der Waals surface area contributed by atoms with Crippen LogP contribution in [0.2, 0.25) is 5.02 Å². The summed E-state index contributed by atoms with van der Waals surface area (Å²) in [6.45, 7) is 1.42. The fraction of sp³-hybridized carbons (Fsp3) is 0.467. The number of amides is 2. The summed E-state index contributed by atoms with van der Waals surface area (Å²) in [5, 5.41) is 6.00. The molecule has 2 amide bonds. The second-order valence-corrected chi connectivity index (χ2v) is 5.61. The molecule has 0 saturated heterocycles. The highest BCUT2D eigenvalue weighted by Gasteiger charge is 2.21. The Morgan fingerprint density at radius 3 is 2.50 bits per heavy atom. The van der Waals surface area contributed by atoms with E-state index in [-0.39, 0.29) is 17.7 Å². The number of halogens is 1. The zero-order chi connectivity index (χ0) is 14.5. The predicted molar refractivity (Wildman–Crippen MR) is 81.0 cm³/mol. The van der Waals surface area contributed by atoms with Gasteiger partial charge in [-0.2, -0.15) is 0 Å². The monoisotopic (exact) mass is 294 g/mol. The van der Waals surface area contributed by atoms with E-state index in [1.807, 2.05) is 0 Å². The first-order valence-corrected chi connectivity index (χ1v) is 7.32. The molecule has 2 N–H and O–H groups in total. The summed E-state index contributed by atoms with van der Waals surface area (Å²) in [7, 11) is 0. The predicted octanol–water partition coefficient (Wildman–Crippen LogP) is 3.82. The van der Waals surface area contributed by atoms with E-state index in [0.717, 1.165) is 25.7 Å². The molecule has 1 aliphatic carbocycles. The second kappa shape index (κ2) is 6.75. The summed E-state index contributed by atoms with van der Waals surface area (Å²) in [6.07, 6.45) is 5.37. The molecule has 0 radical (unpaired) electrons. The van der Waals surface area contributed by atoms with Crippen LogP contribution >= 0.6 is 11.6 Å². The number of hydrogen-bond acceptors (Lipinski definition) is 2. The number of hydrogen-bond donors (Lipinski definition) is 2. The largest absolute Gasteiger partial charge is 0.326 e. The van der Waals surface area contributed by atoms with Crippen molar-refractivity contribution in [1.82, 2.24) is 0 Å². The lowest BCUT2D eigenvalue weighted by atomic mass is 9.88. The van der Waals surface area contributed by atoms with Gasteiger partial charge in [-0.1, -0.05) is 30.9 Å². The molecule has 4 nitrogen and oxygen atoms in total. The Bertz CT molecular complexity index is 511. The molecule has 1 aromatic rings. The summed E-state index contributed by atoms with van der Waals surface area (Å²) in [6, 6.07) is 5.10. The Labute approximate surface area is 123 Å². The molecule has 0 aliphatic heterocycles. The van der Waals surface area contributed by atoms with Crippen LogP contribution in [-0.4, -0.2) is 11.8 Å². The van der Waals surface area contributed by atoms with Gasteiger partial charge in [-0.3, -0.25) is 9.59 Å². The molecule has 0 atom stereocenters. The van der Waals surface area contributed by atoms with Crippen molar-refractivity contribution in [2.45, 2.75) is 39.0 Å². The molecule has 1 aliphatic rings. The van der Waals surface area contributed by atoms with Gasteiger partial charge < -0.3 is 10.6 Å². The lowest BCUT2D eigenvalue weighted by Gasteiger charge is -2.21. The third-order valence-corrected chi connectivity index (χ3v) is 3.85. The normalized spacial score (nSPS) is 15.7. The molecule has 0 bridgehead atoms. The van der Waals surface area contributed by atoms with Crippen molar-refractivity contribution < 1.29 is 9.59 Å². The Hall–Kier alpha value is -1.55. The second-order valence-electron chi connectivity index (χ2n) is 5.20. The zero-order valence-corrected chi connectivity index (χ0v) is 12.3. The van der Waals surface area contributed by atoms with Crippen molar-refractivity contribution in [3.05, 3.63) is 23.2 Å². The van der Waals surface area contributed by atoms with Gasteiger partial charge >= 0.3 is 0 Å². The Balaban J connectivity index is 2.05. The molecular weight excluding hydrogens is 276 g/mol. The molecule has 1 aromatic carbocycles. The van der Waals surface area contributed by atoms with Crippen LogP contribution in [0.15, 0.2) is 18.2 Å². The van der Waals surface area contributed by atoms with Gasteiger partial charge in [0.15, 0.2) is 0 Å². The summed E-state index contributed by atoms with van der Waals surface area (Å²) in [5.74, 6) is -0.0351. The van der Waals surface area contributed by atoms with Crippen LogP contribution in [0.5, 0.6) is 0 Å². The van der Waals surface area contributed by atoms with Gasteiger partial charge in [-0.05, 0) is 31.0 Å². The molecule has 0 heterocycles. The van der Waals surface area contributed by atoms with Crippen molar-refractivity contribution in [3.8, 4) is 0 Å². The molecule has 2 rings (SSSR count). The number of rotatable bonds is 3. The van der Waals surface area contributed by atoms with Crippen molar-refractivity contribution >= 4 is 34.8 Å². The minimum absolute atomic E-state index is 0.0563. The summed E-state index contributed by atoms with van der Waals surface area (Å²) in [5.41, 5.74) is 1.18. The van der Waals surface area contributed by atoms with Crippen molar-refractivity contribution in [1.29, 1.82) is 0 Å². The Kier molecular flexibility index (Phi) is 5.01. The first-order valence-electron chi connectivity index (χ1n) is 6.94. The van der Waals surface area contributed by atoms with E-state index in [0.29, 0.717) is 16.4 Å². The van der Waals surface area contributed by atoms with E-state index >= 15 is 0 Å². The fourth-order valence-electron chi connectivity index (χ4n) is 2.50. The average molecular weight is 295 g/mol. The van der Waals surface area contributed by atoms with E-state index in [2.05, 4.69) is 10.6 Å². The van der Waals surface area contributed by atoms with Crippen LogP contribution in [0.4, 0.5) is 11.4 Å². The highest BCUT2D eigenvalue weighted by atomic mass is 35.5. The van der Waals surface area contributed by atoms with E-state index < -0.39 is 0 Å². The van der Waals surface area contributed by atoms with Gasteiger partial charge in [-0.15, -0.1) is 0 Å². The number of nitrogens with one attached hydrogen (secondary N) is 2. The molecular formula is C15H19ClN2O2. The topological polar surface area (TPSA) is 58.2 Å². The van der Waals surface area contributed by atoms with E-state index in [1.165, 1.54) is 13.3 Å². The van der Waals surface area contributed by atoms with E-state index in [1.54, 1.807) is 18.2 Å². The number of anilines is 2. The average Bonchev–Trinajstić information content (AvgIpc) is 2.43. The molecule has 1 saturated carbocycles. The van der Waals surface area contributed by atoms with Crippen LogP contribution in [0.3, 0.4) is 0 Å². The maximum atomic E-state index is 12.2. The first-order chi connectivity index (χ1) is 9.56. The van der Waals surface area contributed by atoms with Crippen LogP contribution in [0.25, 0.3) is 0 Å². The number of benzene rings is 1. The van der Waals surface area contributed by atoms with Crippen LogP contribution in [0.1, 0.15) is 39.0 Å². The number of carbonyl (C=O) groups excluding carboxylic acids is 2. The van der Waals surface area contributed by atoms with Crippen LogP contribution in [-0.2, 0) is 9.59 Å². The molecule has 20 heavy (non-hydrogen) atoms. The Morgan fingerprint density at radius 2 is 1.85 bits per heavy atom. The van der Waals surface area contributed by atoms with E-state index in [4.69, 9.17) is 11.6 Å². The standard InChI is InChI=1S/C15H19ClN2O2/c1-10(19)17-14-9-12(7-8-13(14)16)18-15(20)11-5-3-2-4-6-11/h7-9,11H,2-6H2,1H3,(H,17,19)(H,18,20). The van der Waals surface area contributed by atoms with Gasteiger partial charge in [0.05, 0.1) is 10.7 Å². The fourth-order valence-corrected chi connectivity index (χ4v) is 2.66. The minimum Gasteiger partial charge on any atom is -0.326 e.